The van der Waals surface area contributed by atoms with Gasteiger partial charge >= 0.3 is 0 Å². The van der Waals surface area contributed by atoms with E-state index in [1.54, 1.807) is 0 Å². The van der Waals surface area contributed by atoms with Gasteiger partial charge < -0.3 is 0 Å². The predicted molar refractivity (Wildman–Crippen MR) is 50.0 cm³/mol. The van der Waals surface area contributed by atoms with Crippen LogP contribution in [0, 0.1) is 16.7 Å². The highest BCUT2D eigenvalue weighted by molar-refractivity contribution is 7.85. The van der Waals surface area contributed by atoms with Gasteiger partial charge in [-0.2, -0.15) is 8.42 Å². The molecule has 2 unspecified atom stereocenters. The first-order valence-electron chi connectivity index (χ1n) is 4.72. The van der Waals surface area contributed by atoms with Crippen LogP contribution in [-0.2, 0) is 10.1 Å². The molecule has 2 atom stereocenters. The van der Waals surface area contributed by atoms with Crippen molar-refractivity contribution in [3.63, 3.8) is 0 Å². The molecule has 3 aliphatic carbocycles. The number of hydrogen-bond acceptors (Lipinski definition) is 2. The Hall–Kier alpha value is -0.0900. The first-order chi connectivity index (χ1) is 5.77. The van der Waals surface area contributed by atoms with Crippen LogP contribution in [0.2, 0.25) is 0 Å². The van der Waals surface area contributed by atoms with Gasteiger partial charge in [-0.25, -0.2) is 0 Å². The average molecular weight is 204 g/mol. The van der Waals surface area contributed by atoms with Gasteiger partial charge in [-0.15, -0.1) is 0 Å². The maximum absolute atomic E-state index is 10.9. The van der Waals surface area contributed by atoms with Gasteiger partial charge in [0.15, 0.2) is 0 Å². The van der Waals surface area contributed by atoms with E-state index >= 15 is 0 Å². The summed E-state index contributed by atoms with van der Waals surface area (Å²) < 4.78 is 30.6. The maximum atomic E-state index is 10.9. The molecular weight excluding hydrogens is 188 g/mol. The van der Waals surface area contributed by atoms with Gasteiger partial charge in [-0.05, 0) is 36.0 Å². The Balaban J connectivity index is 2.24. The highest BCUT2D eigenvalue weighted by Gasteiger charge is 2.65. The highest BCUT2D eigenvalue weighted by Crippen LogP contribution is 2.70. The zero-order valence-corrected chi connectivity index (χ0v) is 8.89. The van der Waals surface area contributed by atoms with Crippen LogP contribution in [0.3, 0.4) is 0 Å². The Morgan fingerprint density at radius 3 is 2.38 bits per heavy atom. The molecule has 0 radical (unpaired) electrons. The molecule has 3 fully saturated rings. The van der Waals surface area contributed by atoms with Gasteiger partial charge in [0.25, 0.3) is 10.1 Å². The maximum Gasteiger partial charge on any atom is 0.265 e. The highest BCUT2D eigenvalue weighted by atomic mass is 32.2. The van der Waals surface area contributed by atoms with E-state index < -0.39 is 10.1 Å². The van der Waals surface area contributed by atoms with Crippen LogP contribution >= 0.6 is 0 Å². The fourth-order valence-electron chi connectivity index (χ4n) is 3.30. The number of rotatable bonds is 2. The SMILES string of the molecule is CC1(C)C2CCC1(CS(=O)(=O)O)C2. The topological polar surface area (TPSA) is 54.4 Å². The lowest BCUT2D eigenvalue weighted by atomic mass is 9.52. The van der Waals surface area contributed by atoms with Gasteiger partial charge in [-0.1, -0.05) is 13.8 Å². The molecule has 0 amide bonds. The van der Waals surface area contributed by atoms with Gasteiger partial charge in [0, 0.05) is 0 Å². The molecule has 2 bridgehead atoms. The average Bonchev–Trinajstić information content (AvgIpc) is 2.39. The molecule has 0 aromatic heterocycles. The molecule has 0 saturated heterocycles. The summed E-state index contributed by atoms with van der Waals surface area (Å²) in [6, 6.07) is 0. The molecule has 3 rings (SSSR count). The summed E-state index contributed by atoms with van der Waals surface area (Å²) in [5.41, 5.74) is -0.00590. The van der Waals surface area contributed by atoms with Crippen LogP contribution in [-0.4, -0.2) is 18.7 Å². The van der Waals surface area contributed by atoms with Crippen LogP contribution < -0.4 is 0 Å². The van der Waals surface area contributed by atoms with Crippen molar-refractivity contribution in [1.82, 2.24) is 0 Å². The first-order valence-corrected chi connectivity index (χ1v) is 6.33. The Kier molecular flexibility index (Phi) is 1.66. The van der Waals surface area contributed by atoms with E-state index in [1.165, 1.54) is 0 Å². The molecule has 4 heteroatoms. The molecule has 3 nitrogen and oxygen atoms in total. The second-order valence-electron chi connectivity index (χ2n) is 5.17. The lowest BCUT2D eigenvalue weighted by Gasteiger charge is -2.54. The second-order valence-corrected chi connectivity index (χ2v) is 6.62. The molecule has 0 spiro atoms. The Labute approximate surface area is 79.3 Å². The molecular formula is C9H16O3S. The Morgan fingerprint density at radius 1 is 1.46 bits per heavy atom. The predicted octanol–water partition coefficient (Wildman–Crippen LogP) is 1.70. The van der Waals surface area contributed by atoms with Crippen molar-refractivity contribution in [2.75, 3.05) is 5.75 Å². The minimum absolute atomic E-state index is 0.0382. The molecule has 3 aliphatic rings. The van der Waals surface area contributed by atoms with Gasteiger partial charge in [-0.3, -0.25) is 4.55 Å². The summed E-state index contributed by atoms with van der Waals surface area (Å²) in [7, 11) is -3.80. The fourth-order valence-corrected chi connectivity index (χ4v) is 4.63. The van der Waals surface area contributed by atoms with Crippen LogP contribution in [0.25, 0.3) is 0 Å². The third kappa shape index (κ3) is 1.15. The number of fused-ring (bicyclic) bond motifs is 1. The Bertz CT molecular complexity index is 327. The van der Waals surface area contributed by atoms with Crippen LogP contribution in [0.15, 0.2) is 0 Å². The van der Waals surface area contributed by atoms with Crippen molar-refractivity contribution in [3.05, 3.63) is 0 Å². The second kappa shape index (κ2) is 2.28. The smallest absolute Gasteiger partial charge is 0.265 e. The van der Waals surface area contributed by atoms with E-state index in [2.05, 4.69) is 13.8 Å². The largest absolute Gasteiger partial charge is 0.286 e. The molecule has 0 heterocycles. The first kappa shape index (κ1) is 9.46. The van der Waals surface area contributed by atoms with Crippen LogP contribution in [0.4, 0.5) is 0 Å². The van der Waals surface area contributed by atoms with Crippen LogP contribution in [0.1, 0.15) is 33.1 Å². The molecule has 1 N–H and O–H groups in total. The molecule has 0 aliphatic heterocycles. The van der Waals surface area contributed by atoms with E-state index in [4.69, 9.17) is 4.55 Å². The zero-order chi connectivity index (χ0) is 9.91. The summed E-state index contributed by atoms with van der Waals surface area (Å²) in [4.78, 5) is 0. The van der Waals surface area contributed by atoms with Crippen molar-refractivity contribution in [2.24, 2.45) is 16.7 Å². The van der Waals surface area contributed by atoms with E-state index in [1.807, 2.05) is 0 Å². The van der Waals surface area contributed by atoms with E-state index in [-0.39, 0.29) is 16.6 Å². The lowest BCUT2D eigenvalue weighted by molar-refractivity contribution is -0.0373. The minimum Gasteiger partial charge on any atom is -0.286 e. The fraction of sp³-hybridized carbons (Fsp3) is 1.00. The third-order valence-electron chi connectivity index (χ3n) is 4.45. The van der Waals surface area contributed by atoms with Crippen molar-refractivity contribution in [1.29, 1.82) is 0 Å². The lowest BCUT2D eigenvalue weighted by Crippen LogP contribution is -2.51. The van der Waals surface area contributed by atoms with E-state index in [0.29, 0.717) is 5.92 Å². The summed E-state index contributed by atoms with van der Waals surface area (Å²) in [5.74, 6) is 0.637. The molecule has 0 aromatic carbocycles. The van der Waals surface area contributed by atoms with Crippen molar-refractivity contribution < 1.29 is 13.0 Å². The summed E-state index contributed by atoms with van der Waals surface area (Å²) in [6.45, 7) is 4.25. The standard InChI is InChI=1S/C9H16O3S/c1-8(2)7-3-4-9(8,5-7)6-13(10,11)12/h7H,3-6H2,1-2H3,(H,10,11,12). The summed E-state index contributed by atoms with van der Waals surface area (Å²) in [5, 5.41) is 0. The van der Waals surface area contributed by atoms with Crippen LogP contribution in [0.5, 0.6) is 0 Å². The Morgan fingerprint density at radius 2 is 2.08 bits per heavy atom. The number of hydrogen-bond donors (Lipinski definition) is 1. The quantitative estimate of drug-likeness (QED) is 0.696. The van der Waals surface area contributed by atoms with Gasteiger partial charge in [0.1, 0.15) is 0 Å². The van der Waals surface area contributed by atoms with E-state index in [0.717, 1.165) is 19.3 Å². The van der Waals surface area contributed by atoms with Gasteiger partial charge in [0.2, 0.25) is 0 Å². The van der Waals surface area contributed by atoms with E-state index in [9.17, 15) is 8.42 Å². The molecule has 0 aromatic rings. The molecule has 13 heavy (non-hydrogen) atoms. The summed E-state index contributed by atoms with van der Waals surface area (Å²) in [6.07, 6.45) is 3.08. The van der Waals surface area contributed by atoms with Crippen molar-refractivity contribution in [3.8, 4) is 0 Å². The monoisotopic (exact) mass is 204 g/mol. The zero-order valence-electron chi connectivity index (χ0n) is 8.08. The third-order valence-corrected chi connectivity index (χ3v) is 5.37. The molecule has 76 valence electrons. The van der Waals surface area contributed by atoms with Crippen molar-refractivity contribution in [2.45, 2.75) is 33.1 Å². The normalized spacial score (nSPS) is 41.6. The minimum atomic E-state index is -3.80. The summed E-state index contributed by atoms with van der Waals surface area (Å²) >= 11 is 0. The molecule has 3 saturated carbocycles. The van der Waals surface area contributed by atoms with Gasteiger partial charge in [0.05, 0.1) is 5.75 Å². The van der Waals surface area contributed by atoms with Crippen molar-refractivity contribution >= 4 is 10.1 Å².